The first kappa shape index (κ1) is 25.7. The van der Waals surface area contributed by atoms with Crippen LogP contribution in [0.1, 0.15) is 38.8 Å². The van der Waals surface area contributed by atoms with Crippen LogP contribution in [0.5, 0.6) is 0 Å². The predicted molar refractivity (Wildman–Crippen MR) is 128 cm³/mol. The van der Waals surface area contributed by atoms with E-state index in [0.29, 0.717) is 19.6 Å². The van der Waals surface area contributed by atoms with E-state index in [2.05, 4.69) is 17.4 Å². The van der Waals surface area contributed by atoms with Crippen LogP contribution < -0.4 is 5.32 Å². The number of alkyl carbamates (subject to hydrolysis) is 1. The van der Waals surface area contributed by atoms with Crippen LogP contribution in [0.2, 0.25) is 0 Å². The van der Waals surface area contributed by atoms with E-state index in [1.165, 1.54) is 0 Å². The highest BCUT2D eigenvalue weighted by molar-refractivity contribution is 5.81. The SMILES string of the molecule is C[C@@H]1OC(=O)[C@@H](NC(=O)OC(C)(C)C)COC[C@H](Cc2ccccc2)[C@H]1OCc1ccccc1. The van der Waals surface area contributed by atoms with Gasteiger partial charge in [0.1, 0.15) is 11.7 Å². The van der Waals surface area contributed by atoms with Gasteiger partial charge in [0.2, 0.25) is 0 Å². The number of esters is 1. The molecule has 0 aliphatic carbocycles. The summed E-state index contributed by atoms with van der Waals surface area (Å²) in [5.74, 6) is -0.638. The minimum atomic E-state index is -0.970. The van der Waals surface area contributed by atoms with E-state index >= 15 is 0 Å². The minimum absolute atomic E-state index is 0.0124. The first-order valence-electron chi connectivity index (χ1n) is 11.7. The van der Waals surface area contributed by atoms with Gasteiger partial charge in [-0.1, -0.05) is 60.7 Å². The molecule has 1 aliphatic heterocycles. The lowest BCUT2D eigenvalue weighted by Gasteiger charge is -2.31. The molecule has 1 aliphatic rings. The molecule has 7 nitrogen and oxygen atoms in total. The zero-order valence-corrected chi connectivity index (χ0v) is 20.4. The van der Waals surface area contributed by atoms with E-state index in [0.717, 1.165) is 11.1 Å². The number of carbonyl (C=O) groups excluding carboxylic acids is 2. The molecule has 1 fully saturated rings. The molecule has 7 heteroatoms. The number of nitrogens with one attached hydrogen (secondary N) is 1. The predicted octanol–water partition coefficient (Wildman–Crippen LogP) is 4.29. The van der Waals surface area contributed by atoms with Gasteiger partial charge in [-0.05, 0) is 45.2 Å². The van der Waals surface area contributed by atoms with Crippen LogP contribution in [-0.4, -0.2) is 49.1 Å². The Morgan fingerprint density at radius 2 is 1.62 bits per heavy atom. The molecular formula is C27H35NO6. The van der Waals surface area contributed by atoms with Crippen molar-refractivity contribution in [3.63, 3.8) is 0 Å². The average molecular weight is 470 g/mol. The van der Waals surface area contributed by atoms with Crippen molar-refractivity contribution in [1.82, 2.24) is 5.32 Å². The van der Waals surface area contributed by atoms with Crippen molar-refractivity contribution >= 4 is 12.1 Å². The lowest BCUT2D eigenvalue weighted by molar-refractivity contribution is -0.161. The molecule has 0 saturated carbocycles. The molecule has 1 heterocycles. The molecule has 2 aromatic carbocycles. The van der Waals surface area contributed by atoms with Gasteiger partial charge >= 0.3 is 12.1 Å². The fourth-order valence-electron chi connectivity index (χ4n) is 3.90. The Hall–Kier alpha value is -2.90. The Morgan fingerprint density at radius 1 is 1.00 bits per heavy atom. The zero-order chi connectivity index (χ0) is 24.6. The van der Waals surface area contributed by atoms with Crippen molar-refractivity contribution in [2.45, 2.75) is 64.6 Å². The van der Waals surface area contributed by atoms with Gasteiger partial charge in [-0.15, -0.1) is 0 Å². The molecule has 0 aromatic heterocycles. The molecule has 34 heavy (non-hydrogen) atoms. The zero-order valence-electron chi connectivity index (χ0n) is 20.4. The van der Waals surface area contributed by atoms with Crippen LogP contribution in [-0.2, 0) is 36.8 Å². The Balaban J connectivity index is 1.76. The third-order valence-corrected chi connectivity index (χ3v) is 5.45. The Labute approximate surface area is 201 Å². The molecule has 184 valence electrons. The molecule has 1 amide bonds. The van der Waals surface area contributed by atoms with Crippen molar-refractivity contribution in [1.29, 1.82) is 0 Å². The van der Waals surface area contributed by atoms with Gasteiger partial charge < -0.3 is 24.3 Å². The van der Waals surface area contributed by atoms with Crippen LogP contribution in [0, 0.1) is 5.92 Å². The first-order valence-corrected chi connectivity index (χ1v) is 11.7. The van der Waals surface area contributed by atoms with Gasteiger partial charge in [-0.3, -0.25) is 0 Å². The summed E-state index contributed by atoms with van der Waals surface area (Å²) in [6.45, 7) is 7.82. The second-order valence-corrected chi connectivity index (χ2v) is 9.59. The van der Waals surface area contributed by atoms with Crippen molar-refractivity contribution in [3.8, 4) is 0 Å². The first-order chi connectivity index (χ1) is 16.2. The largest absolute Gasteiger partial charge is 0.458 e. The number of amides is 1. The summed E-state index contributed by atoms with van der Waals surface area (Å²) in [4.78, 5) is 25.1. The molecule has 2 aromatic rings. The van der Waals surface area contributed by atoms with Crippen LogP contribution >= 0.6 is 0 Å². The van der Waals surface area contributed by atoms with Crippen LogP contribution in [0.4, 0.5) is 4.79 Å². The number of benzene rings is 2. The summed E-state index contributed by atoms with van der Waals surface area (Å²) in [7, 11) is 0. The van der Waals surface area contributed by atoms with Crippen molar-refractivity contribution in [2.75, 3.05) is 13.2 Å². The molecule has 4 atom stereocenters. The Morgan fingerprint density at radius 3 is 2.24 bits per heavy atom. The van der Waals surface area contributed by atoms with Gasteiger partial charge in [0.15, 0.2) is 6.04 Å². The van der Waals surface area contributed by atoms with Crippen LogP contribution in [0.3, 0.4) is 0 Å². The van der Waals surface area contributed by atoms with Crippen molar-refractivity contribution < 1.29 is 28.5 Å². The van der Waals surface area contributed by atoms with Crippen molar-refractivity contribution in [3.05, 3.63) is 71.8 Å². The van der Waals surface area contributed by atoms with E-state index in [1.54, 1.807) is 20.8 Å². The Bertz CT molecular complexity index is 912. The number of carbonyl (C=O) groups is 2. The van der Waals surface area contributed by atoms with E-state index < -0.39 is 35.9 Å². The normalized spacial score (nSPS) is 23.7. The Kier molecular flexibility index (Phi) is 9.07. The van der Waals surface area contributed by atoms with Gasteiger partial charge in [0.25, 0.3) is 0 Å². The standard InChI is InChI=1S/C27H35NO6/c1-19-24(32-16-21-13-9-6-10-14-21)22(15-20-11-7-5-8-12-20)17-31-18-23(25(29)33-19)28-26(30)34-27(2,3)4/h5-14,19,22-24H,15-18H2,1-4H3,(H,28,30)/t19-,22-,23-,24-/m0/s1. The molecule has 0 radical (unpaired) electrons. The molecule has 1 saturated heterocycles. The third kappa shape index (κ3) is 8.15. The van der Waals surface area contributed by atoms with E-state index in [-0.39, 0.29) is 12.5 Å². The van der Waals surface area contributed by atoms with Gasteiger partial charge in [0, 0.05) is 5.92 Å². The summed E-state index contributed by atoms with van der Waals surface area (Å²) in [6.07, 6.45) is -0.936. The van der Waals surface area contributed by atoms with Gasteiger partial charge in [-0.25, -0.2) is 9.59 Å². The summed E-state index contributed by atoms with van der Waals surface area (Å²) < 4.78 is 23.3. The maximum atomic E-state index is 12.9. The lowest BCUT2D eigenvalue weighted by atomic mass is 9.91. The number of cyclic esters (lactones) is 1. The third-order valence-electron chi connectivity index (χ3n) is 5.45. The maximum absolute atomic E-state index is 12.9. The number of ether oxygens (including phenoxy) is 4. The molecule has 0 bridgehead atoms. The summed E-state index contributed by atoms with van der Waals surface area (Å²) >= 11 is 0. The summed E-state index contributed by atoms with van der Waals surface area (Å²) in [5, 5.41) is 2.58. The highest BCUT2D eigenvalue weighted by Gasteiger charge is 2.36. The molecule has 0 unspecified atom stereocenters. The van der Waals surface area contributed by atoms with Gasteiger partial charge in [0.05, 0.1) is 25.9 Å². The summed E-state index contributed by atoms with van der Waals surface area (Å²) in [5.41, 5.74) is 1.49. The highest BCUT2D eigenvalue weighted by atomic mass is 16.6. The lowest BCUT2D eigenvalue weighted by Crippen LogP contribution is -2.47. The smallest absolute Gasteiger partial charge is 0.408 e. The molecular weight excluding hydrogens is 434 g/mol. The van der Waals surface area contributed by atoms with Gasteiger partial charge in [-0.2, -0.15) is 0 Å². The van der Waals surface area contributed by atoms with E-state index in [4.69, 9.17) is 18.9 Å². The fraction of sp³-hybridized carbons (Fsp3) is 0.481. The average Bonchev–Trinajstić information content (AvgIpc) is 2.82. The molecule has 1 N–H and O–H groups in total. The van der Waals surface area contributed by atoms with E-state index in [1.807, 2.05) is 55.5 Å². The van der Waals surface area contributed by atoms with Crippen LogP contribution in [0.15, 0.2) is 60.7 Å². The topological polar surface area (TPSA) is 83.1 Å². The fourth-order valence-corrected chi connectivity index (χ4v) is 3.90. The van der Waals surface area contributed by atoms with Crippen LogP contribution in [0.25, 0.3) is 0 Å². The van der Waals surface area contributed by atoms with Crippen molar-refractivity contribution in [2.24, 2.45) is 5.92 Å². The number of hydrogen-bond acceptors (Lipinski definition) is 6. The highest BCUT2D eigenvalue weighted by Crippen LogP contribution is 2.24. The maximum Gasteiger partial charge on any atom is 0.408 e. The van der Waals surface area contributed by atoms with E-state index in [9.17, 15) is 9.59 Å². The minimum Gasteiger partial charge on any atom is -0.458 e. The summed E-state index contributed by atoms with van der Waals surface area (Å²) in [6, 6.07) is 19.0. The monoisotopic (exact) mass is 469 g/mol. The quantitative estimate of drug-likeness (QED) is 0.636. The second kappa shape index (κ2) is 12.0. The number of rotatable bonds is 6. The molecule has 3 rings (SSSR count). The second-order valence-electron chi connectivity index (χ2n) is 9.59. The number of hydrogen-bond donors (Lipinski definition) is 1. The molecule has 0 spiro atoms.